The summed E-state index contributed by atoms with van der Waals surface area (Å²) in [4.78, 5) is 23.6. The van der Waals surface area contributed by atoms with Gasteiger partial charge < -0.3 is 31.1 Å². The zero-order valence-electron chi connectivity index (χ0n) is 26.6. The van der Waals surface area contributed by atoms with E-state index in [-0.39, 0.29) is 24.2 Å². The highest BCUT2D eigenvalue weighted by Crippen LogP contribution is 2.40. The third kappa shape index (κ3) is 6.09. The third-order valence-corrected chi connectivity index (χ3v) is 11.1. The first-order chi connectivity index (χ1) is 21.9. The highest BCUT2D eigenvalue weighted by molar-refractivity contribution is 5.76. The topological polar surface area (TPSA) is 125 Å². The molecule has 0 radical (unpaired) electrons. The first-order valence-corrected chi connectivity index (χ1v) is 17.1. The van der Waals surface area contributed by atoms with Gasteiger partial charge in [-0.2, -0.15) is 5.10 Å². The number of urea groups is 1. The molecule has 5 heterocycles. The molecule has 11 nitrogen and oxygen atoms in total. The number of fused-ring (bicyclic) bond motifs is 3. The number of rotatable bonds is 4. The predicted octanol–water partition coefficient (Wildman–Crippen LogP) is 3.14. The number of anilines is 1. The number of hydrogen-bond donors (Lipinski definition) is 6. The monoisotopic (exact) mass is 612 g/mol. The molecule has 1 aromatic carbocycles. The molecule has 4 aliphatic heterocycles. The maximum atomic E-state index is 14.3. The molecule has 2 amide bonds. The number of carbonyl (C=O) groups is 1. The average Bonchev–Trinajstić information content (AvgIpc) is 3.75. The van der Waals surface area contributed by atoms with Crippen LogP contribution in [0.5, 0.6) is 0 Å². The van der Waals surface area contributed by atoms with Crippen molar-refractivity contribution in [2.24, 2.45) is 4.99 Å². The second-order valence-electron chi connectivity index (χ2n) is 14.6. The number of aromatic nitrogens is 2. The summed E-state index contributed by atoms with van der Waals surface area (Å²) in [5.41, 5.74) is 5.25. The second-order valence-corrected chi connectivity index (χ2v) is 14.6. The van der Waals surface area contributed by atoms with Crippen LogP contribution in [-0.4, -0.2) is 88.4 Å². The molecule has 2 saturated carbocycles. The molecule has 1 saturated heterocycles. The van der Waals surface area contributed by atoms with Crippen molar-refractivity contribution >= 4 is 18.1 Å². The molecule has 4 unspecified atom stereocenters. The van der Waals surface area contributed by atoms with Gasteiger partial charge in [-0.25, -0.2) is 4.79 Å². The molecule has 9 rings (SSSR count). The fraction of sp³-hybridized carbons (Fsp3) is 0.618. The molecule has 4 atom stereocenters. The van der Waals surface area contributed by atoms with Gasteiger partial charge in [0.2, 0.25) is 0 Å². The maximum Gasteiger partial charge on any atom is 0.318 e. The van der Waals surface area contributed by atoms with Crippen molar-refractivity contribution in [1.82, 2.24) is 41.3 Å². The number of nitrogens with zero attached hydrogens (tertiary/aromatic N) is 4. The Morgan fingerprint density at radius 2 is 1.84 bits per heavy atom. The first kappa shape index (κ1) is 29.0. The van der Waals surface area contributed by atoms with Crippen LogP contribution in [0, 0.1) is 0 Å². The van der Waals surface area contributed by atoms with Crippen molar-refractivity contribution in [3.63, 3.8) is 0 Å². The second kappa shape index (κ2) is 11.7. The SMILES string of the molecule is CN1CC(NCc2ccc3c(c2)CC(NC(=O)N2C4CCC(CC4)NC4(C)N=CC=C(Nc5cc([nH]n5)C5CCC2C5)N4)C3)C1. The molecule has 7 aliphatic rings. The van der Waals surface area contributed by atoms with E-state index in [1.807, 2.05) is 12.3 Å². The fourth-order valence-electron chi connectivity index (χ4n) is 8.73. The number of likely N-dealkylation sites (tertiary alicyclic amines) is 1. The van der Waals surface area contributed by atoms with Crippen molar-refractivity contribution in [3.8, 4) is 0 Å². The lowest BCUT2D eigenvalue weighted by atomic mass is 9.88. The minimum absolute atomic E-state index is 0.124. The van der Waals surface area contributed by atoms with Crippen LogP contribution < -0.4 is 26.6 Å². The molecule has 8 bridgehead atoms. The van der Waals surface area contributed by atoms with Crippen molar-refractivity contribution in [2.75, 3.05) is 25.5 Å². The van der Waals surface area contributed by atoms with Gasteiger partial charge in [0.25, 0.3) is 0 Å². The number of nitrogens with one attached hydrogen (secondary N) is 6. The minimum atomic E-state index is -0.595. The molecular weight excluding hydrogens is 564 g/mol. The summed E-state index contributed by atoms with van der Waals surface area (Å²) in [7, 11) is 2.17. The Morgan fingerprint density at radius 1 is 1.02 bits per heavy atom. The van der Waals surface area contributed by atoms with Crippen LogP contribution in [0.4, 0.5) is 10.6 Å². The average molecular weight is 613 g/mol. The fourth-order valence-corrected chi connectivity index (χ4v) is 8.73. The maximum absolute atomic E-state index is 14.3. The van der Waals surface area contributed by atoms with Crippen LogP contribution in [0.15, 0.2) is 41.2 Å². The van der Waals surface area contributed by atoms with Gasteiger partial charge in [0.1, 0.15) is 5.82 Å². The standard InChI is InChI=1S/C34H48N10O/c1-34-36-12-11-31(40-34)38-32-17-30(41-42-32)23-5-8-29(16-23)44(28-9-6-25(39-34)7-10-28)33(45)37-26-14-22-4-3-21(13-24(22)15-26)18-35-27-19-43(2)20-27/h3-4,11-13,17,23,25-29,35,39-40H,5-10,14-16,18-20H2,1-2H3,(H,37,45)(H2,38,41,42). The van der Waals surface area contributed by atoms with Crippen LogP contribution >= 0.6 is 0 Å². The summed E-state index contributed by atoms with van der Waals surface area (Å²) in [5, 5.41) is 25.8. The molecular formula is C34H48N10O. The summed E-state index contributed by atoms with van der Waals surface area (Å²) < 4.78 is 0. The van der Waals surface area contributed by atoms with Crippen molar-refractivity contribution in [1.29, 1.82) is 0 Å². The van der Waals surface area contributed by atoms with Crippen LogP contribution in [0.1, 0.15) is 80.2 Å². The molecule has 2 aromatic rings. The Kier molecular flexibility index (Phi) is 7.58. The Bertz CT molecular complexity index is 1470. The van der Waals surface area contributed by atoms with Gasteiger partial charge in [-0.05, 0) is 94.5 Å². The zero-order valence-corrected chi connectivity index (χ0v) is 26.6. The van der Waals surface area contributed by atoms with Crippen molar-refractivity contribution < 1.29 is 4.79 Å². The Balaban J connectivity index is 0.970. The van der Waals surface area contributed by atoms with Gasteiger partial charge in [-0.1, -0.05) is 18.2 Å². The Labute approximate surface area is 266 Å². The summed E-state index contributed by atoms with van der Waals surface area (Å²) in [6.45, 7) is 5.23. The van der Waals surface area contributed by atoms with Crippen LogP contribution in [-0.2, 0) is 19.4 Å². The number of H-pyrrole nitrogens is 1. The van der Waals surface area contributed by atoms with E-state index in [2.05, 4.69) is 84.8 Å². The largest absolute Gasteiger partial charge is 0.335 e. The zero-order chi connectivity index (χ0) is 30.5. The van der Waals surface area contributed by atoms with Crippen molar-refractivity contribution in [3.05, 3.63) is 58.5 Å². The smallest absolute Gasteiger partial charge is 0.318 e. The Morgan fingerprint density at radius 3 is 2.69 bits per heavy atom. The van der Waals surface area contributed by atoms with E-state index in [1.54, 1.807) is 0 Å². The highest BCUT2D eigenvalue weighted by Gasteiger charge is 2.41. The van der Waals surface area contributed by atoms with E-state index in [1.165, 1.54) is 16.7 Å². The number of aromatic amines is 1. The summed E-state index contributed by atoms with van der Waals surface area (Å²) in [6, 6.07) is 10.7. The predicted molar refractivity (Wildman–Crippen MR) is 176 cm³/mol. The number of hydrogen-bond acceptors (Lipinski definition) is 8. The molecule has 11 heteroatoms. The number of aliphatic imine (C=N–C) groups is 1. The lowest BCUT2D eigenvalue weighted by molar-refractivity contribution is 0.109. The number of likely N-dealkylation sites (N-methyl/N-ethyl adjacent to an activating group) is 1. The van der Waals surface area contributed by atoms with E-state index in [4.69, 9.17) is 4.99 Å². The number of benzene rings is 1. The van der Waals surface area contributed by atoms with E-state index in [9.17, 15) is 4.79 Å². The van der Waals surface area contributed by atoms with Gasteiger partial charge >= 0.3 is 6.03 Å². The van der Waals surface area contributed by atoms with Gasteiger partial charge in [0.15, 0.2) is 11.6 Å². The summed E-state index contributed by atoms with van der Waals surface area (Å²) >= 11 is 0. The third-order valence-electron chi connectivity index (χ3n) is 11.1. The first-order valence-electron chi connectivity index (χ1n) is 17.1. The quantitative estimate of drug-likeness (QED) is 0.314. The lowest BCUT2D eigenvalue weighted by Crippen LogP contribution is -2.60. The van der Waals surface area contributed by atoms with E-state index in [0.29, 0.717) is 18.0 Å². The van der Waals surface area contributed by atoms with Gasteiger partial charge in [0.05, 0.1) is 0 Å². The van der Waals surface area contributed by atoms with Crippen LogP contribution in [0.3, 0.4) is 0 Å². The normalized spacial score (nSPS) is 32.8. The molecule has 45 heavy (non-hydrogen) atoms. The molecule has 3 fully saturated rings. The van der Waals surface area contributed by atoms with E-state index >= 15 is 0 Å². The Hall–Kier alpha value is -3.41. The number of allylic oxidation sites excluding steroid dienone is 1. The number of carbonyl (C=O) groups excluding carboxylic acids is 1. The molecule has 240 valence electrons. The van der Waals surface area contributed by atoms with Gasteiger partial charge in [-0.15, -0.1) is 0 Å². The highest BCUT2D eigenvalue weighted by atomic mass is 16.2. The molecule has 6 N–H and O–H groups in total. The van der Waals surface area contributed by atoms with Gasteiger partial charge in [0, 0.05) is 73.7 Å². The van der Waals surface area contributed by atoms with Crippen molar-refractivity contribution in [2.45, 2.75) is 113 Å². The molecule has 0 spiro atoms. The molecule has 3 aliphatic carbocycles. The van der Waals surface area contributed by atoms with E-state index < -0.39 is 5.79 Å². The minimum Gasteiger partial charge on any atom is -0.335 e. The summed E-state index contributed by atoms with van der Waals surface area (Å²) in [5.74, 6) is 1.45. The molecule has 1 aromatic heterocycles. The number of amides is 2. The summed E-state index contributed by atoms with van der Waals surface area (Å²) in [6.07, 6.45) is 12.7. The van der Waals surface area contributed by atoms with Crippen LogP contribution in [0.2, 0.25) is 0 Å². The van der Waals surface area contributed by atoms with E-state index in [0.717, 1.165) is 94.8 Å². The van der Waals surface area contributed by atoms with Gasteiger partial charge in [-0.3, -0.25) is 15.4 Å². The van der Waals surface area contributed by atoms with Crippen LogP contribution in [0.25, 0.3) is 0 Å². The lowest BCUT2D eigenvalue weighted by Gasteiger charge is -2.43.